The van der Waals surface area contributed by atoms with Crippen LogP contribution in [0.15, 0.2) is 24.3 Å². The molecule has 0 bridgehead atoms. The molecule has 0 fully saturated rings. The van der Waals surface area contributed by atoms with E-state index in [-0.39, 0.29) is 5.78 Å². The predicted molar refractivity (Wildman–Crippen MR) is 82.0 cm³/mol. The van der Waals surface area contributed by atoms with Crippen LogP contribution in [0.5, 0.6) is 0 Å². The molecule has 0 saturated carbocycles. The lowest BCUT2D eigenvalue weighted by molar-refractivity contribution is 0.0928. The fourth-order valence-electron chi connectivity index (χ4n) is 1.99. The van der Waals surface area contributed by atoms with Crippen LogP contribution in [-0.4, -0.2) is 30.3 Å². The monoisotopic (exact) mass is 281 g/mol. The molecule has 1 aromatic rings. The molecule has 1 rings (SSSR count). The summed E-state index contributed by atoms with van der Waals surface area (Å²) in [5, 5.41) is 0.625. The van der Waals surface area contributed by atoms with Gasteiger partial charge in [-0.1, -0.05) is 50.4 Å². The minimum absolute atomic E-state index is 0.162. The molecular weight excluding hydrogens is 258 g/mol. The molecule has 0 spiro atoms. The molecule has 0 atom stereocenters. The molecule has 0 aliphatic heterocycles. The van der Waals surface area contributed by atoms with Gasteiger partial charge in [-0.25, -0.2) is 0 Å². The first-order valence-corrected chi connectivity index (χ1v) is 7.56. The van der Waals surface area contributed by atoms with Crippen molar-refractivity contribution in [2.45, 2.75) is 39.5 Å². The number of benzene rings is 1. The lowest BCUT2D eigenvalue weighted by Gasteiger charge is -2.21. The SMILES string of the molecule is CCCCN(CCCC)CC(=O)c1cccc(Cl)c1. The Balaban J connectivity index is 2.58. The van der Waals surface area contributed by atoms with Gasteiger partial charge in [-0.2, -0.15) is 0 Å². The summed E-state index contributed by atoms with van der Waals surface area (Å²) in [6.45, 7) is 6.86. The summed E-state index contributed by atoms with van der Waals surface area (Å²) >= 11 is 5.93. The highest BCUT2D eigenvalue weighted by molar-refractivity contribution is 6.31. The molecule has 0 aliphatic carbocycles. The van der Waals surface area contributed by atoms with E-state index in [1.54, 1.807) is 12.1 Å². The second kappa shape index (κ2) is 9.11. The van der Waals surface area contributed by atoms with E-state index in [4.69, 9.17) is 11.6 Å². The summed E-state index contributed by atoms with van der Waals surface area (Å²) in [4.78, 5) is 14.5. The van der Waals surface area contributed by atoms with E-state index in [2.05, 4.69) is 18.7 Å². The number of hydrogen-bond donors (Lipinski definition) is 0. The van der Waals surface area contributed by atoms with Gasteiger partial charge in [-0.15, -0.1) is 0 Å². The fourth-order valence-corrected chi connectivity index (χ4v) is 2.18. The van der Waals surface area contributed by atoms with Crippen LogP contribution in [0, 0.1) is 0 Å². The average molecular weight is 282 g/mol. The quantitative estimate of drug-likeness (QED) is 0.624. The molecule has 0 saturated heterocycles. The van der Waals surface area contributed by atoms with E-state index in [0.717, 1.165) is 38.8 Å². The molecule has 0 unspecified atom stereocenters. The summed E-state index contributed by atoms with van der Waals surface area (Å²) < 4.78 is 0. The second-order valence-electron chi connectivity index (χ2n) is 4.92. The third kappa shape index (κ3) is 6.22. The van der Waals surface area contributed by atoms with Crippen molar-refractivity contribution in [2.75, 3.05) is 19.6 Å². The Kier molecular flexibility index (Phi) is 7.76. The molecule has 2 nitrogen and oxygen atoms in total. The predicted octanol–water partition coefficient (Wildman–Crippen LogP) is 4.42. The number of rotatable bonds is 9. The van der Waals surface area contributed by atoms with E-state index in [1.807, 2.05) is 12.1 Å². The van der Waals surface area contributed by atoms with Gasteiger partial charge in [0, 0.05) is 10.6 Å². The zero-order valence-electron chi connectivity index (χ0n) is 12.0. The molecule has 0 aromatic heterocycles. The van der Waals surface area contributed by atoms with Crippen LogP contribution in [0.1, 0.15) is 49.9 Å². The average Bonchev–Trinajstić information content (AvgIpc) is 2.41. The minimum Gasteiger partial charge on any atom is -0.296 e. The Morgan fingerprint density at radius 2 is 1.79 bits per heavy atom. The van der Waals surface area contributed by atoms with Crippen LogP contribution in [0.3, 0.4) is 0 Å². The number of ketones is 1. The highest BCUT2D eigenvalue weighted by atomic mass is 35.5. The van der Waals surface area contributed by atoms with Crippen molar-refractivity contribution < 1.29 is 4.79 Å². The Labute approximate surface area is 121 Å². The first-order chi connectivity index (χ1) is 9.17. The van der Waals surface area contributed by atoms with Crippen molar-refractivity contribution in [1.29, 1.82) is 0 Å². The van der Waals surface area contributed by atoms with E-state index < -0.39 is 0 Å². The molecule has 0 radical (unpaired) electrons. The molecule has 0 aliphatic rings. The largest absolute Gasteiger partial charge is 0.296 e. The Morgan fingerprint density at radius 3 is 2.32 bits per heavy atom. The molecule has 0 amide bonds. The van der Waals surface area contributed by atoms with E-state index in [0.29, 0.717) is 17.1 Å². The highest BCUT2D eigenvalue weighted by Crippen LogP contribution is 2.12. The van der Waals surface area contributed by atoms with E-state index in [9.17, 15) is 4.79 Å². The van der Waals surface area contributed by atoms with Crippen LogP contribution in [-0.2, 0) is 0 Å². The van der Waals surface area contributed by atoms with Crippen molar-refractivity contribution in [3.63, 3.8) is 0 Å². The maximum atomic E-state index is 12.2. The summed E-state index contributed by atoms with van der Waals surface area (Å²) in [5.41, 5.74) is 0.713. The second-order valence-corrected chi connectivity index (χ2v) is 5.35. The number of nitrogens with zero attached hydrogens (tertiary/aromatic N) is 1. The van der Waals surface area contributed by atoms with Gasteiger partial charge in [0.1, 0.15) is 0 Å². The van der Waals surface area contributed by atoms with Crippen LogP contribution in [0.25, 0.3) is 0 Å². The Bertz CT molecular complexity index is 384. The third-order valence-corrected chi connectivity index (χ3v) is 3.40. The molecule has 106 valence electrons. The van der Waals surface area contributed by atoms with Crippen molar-refractivity contribution >= 4 is 17.4 Å². The number of halogens is 1. The number of carbonyl (C=O) groups excluding carboxylic acids is 1. The summed E-state index contributed by atoms with van der Waals surface area (Å²) in [7, 11) is 0. The number of unbranched alkanes of at least 4 members (excludes halogenated alkanes) is 2. The zero-order chi connectivity index (χ0) is 14.1. The lowest BCUT2D eigenvalue weighted by atomic mass is 10.1. The van der Waals surface area contributed by atoms with E-state index in [1.165, 1.54) is 0 Å². The van der Waals surface area contributed by atoms with Gasteiger partial charge in [0.2, 0.25) is 0 Å². The van der Waals surface area contributed by atoms with Crippen molar-refractivity contribution in [1.82, 2.24) is 4.90 Å². The zero-order valence-corrected chi connectivity index (χ0v) is 12.7. The third-order valence-electron chi connectivity index (χ3n) is 3.17. The molecule has 0 N–H and O–H groups in total. The maximum absolute atomic E-state index is 12.2. The Morgan fingerprint density at radius 1 is 1.16 bits per heavy atom. The first-order valence-electron chi connectivity index (χ1n) is 7.18. The first kappa shape index (κ1) is 16.2. The van der Waals surface area contributed by atoms with Crippen LogP contribution >= 0.6 is 11.6 Å². The molecule has 0 heterocycles. The Hall–Kier alpha value is -0.860. The molecule has 1 aromatic carbocycles. The number of Topliss-reactive ketones (excluding diaryl/α,β-unsaturated/α-hetero) is 1. The van der Waals surface area contributed by atoms with Gasteiger partial charge >= 0.3 is 0 Å². The number of carbonyl (C=O) groups is 1. The topological polar surface area (TPSA) is 20.3 Å². The van der Waals surface area contributed by atoms with Gasteiger partial charge in [0.05, 0.1) is 6.54 Å². The molecule has 3 heteroatoms. The fraction of sp³-hybridized carbons (Fsp3) is 0.562. The minimum atomic E-state index is 0.162. The summed E-state index contributed by atoms with van der Waals surface area (Å²) in [6, 6.07) is 7.22. The van der Waals surface area contributed by atoms with Gasteiger partial charge in [-0.3, -0.25) is 9.69 Å². The van der Waals surface area contributed by atoms with Crippen LogP contribution in [0.2, 0.25) is 5.02 Å². The van der Waals surface area contributed by atoms with Crippen LogP contribution < -0.4 is 0 Å². The van der Waals surface area contributed by atoms with E-state index >= 15 is 0 Å². The van der Waals surface area contributed by atoms with Crippen molar-refractivity contribution in [3.05, 3.63) is 34.9 Å². The van der Waals surface area contributed by atoms with Gasteiger partial charge < -0.3 is 0 Å². The van der Waals surface area contributed by atoms with Gasteiger partial charge in [-0.05, 0) is 38.1 Å². The number of hydrogen-bond acceptors (Lipinski definition) is 2. The smallest absolute Gasteiger partial charge is 0.176 e. The lowest BCUT2D eigenvalue weighted by Crippen LogP contribution is -2.31. The maximum Gasteiger partial charge on any atom is 0.176 e. The van der Waals surface area contributed by atoms with Gasteiger partial charge in [0.15, 0.2) is 5.78 Å². The summed E-state index contributed by atoms with van der Waals surface area (Å²) in [6.07, 6.45) is 4.61. The van der Waals surface area contributed by atoms with Gasteiger partial charge in [0.25, 0.3) is 0 Å². The standard InChI is InChI=1S/C16H24ClNO/c1-3-5-10-18(11-6-4-2)13-16(19)14-8-7-9-15(17)12-14/h7-9,12H,3-6,10-11,13H2,1-2H3. The highest BCUT2D eigenvalue weighted by Gasteiger charge is 2.12. The van der Waals surface area contributed by atoms with Crippen molar-refractivity contribution in [3.8, 4) is 0 Å². The van der Waals surface area contributed by atoms with Crippen molar-refractivity contribution in [2.24, 2.45) is 0 Å². The molecule has 19 heavy (non-hydrogen) atoms. The normalized spacial score (nSPS) is 10.9. The summed E-state index contributed by atoms with van der Waals surface area (Å²) in [5.74, 6) is 0.162. The van der Waals surface area contributed by atoms with Crippen LogP contribution in [0.4, 0.5) is 0 Å². The molecular formula is C16H24ClNO.